The Morgan fingerprint density at radius 2 is 1.78 bits per heavy atom. The van der Waals surface area contributed by atoms with Gasteiger partial charge in [0.05, 0.1) is 24.1 Å². The smallest absolute Gasteiger partial charge is 0.387 e. The van der Waals surface area contributed by atoms with E-state index < -0.39 is 16.6 Å². The van der Waals surface area contributed by atoms with Crippen molar-refractivity contribution in [2.24, 2.45) is 0 Å². The summed E-state index contributed by atoms with van der Waals surface area (Å²) < 4.78 is 65.8. The van der Waals surface area contributed by atoms with E-state index in [1.54, 1.807) is 18.2 Å². The highest BCUT2D eigenvalue weighted by Gasteiger charge is 2.24. The topological polar surface area (TPSA) is 65.1 Å². The number of hydrogen-bond donors (Lipinski definition) is 0. The fourth-order valence-corrected chi connectivity index (χ4v) is 3.79. The van der Waals surface area contributed by atoms with Crippen molar-refractivity contribution in [2.45, 2.75) is 18.1 Å². The van der Waals surface area contributed by atoms with Crippen molar-refractivity contribution in [2.75, 3.05) is 21.3 Å². The van der Waals surface area contributed by atoms with E-state index in [9.17, 15) is 17.2 Å². The van der Waals surface area contributed by atoms with Crippen molar-refractivity contribution in [1.82, 2.24) is 4.31 Å². The van der Waals surface area contributed by atoms with Crippen molar-refractivity contribution in [3.8, 4) is 17.2 Å². The Hall–Kier alpha value is -2.10. The number of ether oxygens (including phenoxy) is 3. The summed E-state index contributed by atoms with van der Waals surface area (Å²) in [6, 6.07) is 8.32. The minimum Gasteiger partial charge on any atom is -0.497 e. The number of alkyl halides is 2. The van der Waals surface area contributed by atoms with E-state index in [4.69, 9.17) is 21.1 Å². The van der Waals surface area contributed by atoms with E-state index in [0.717, 1.165) is 22.5 Å². The predicted octanol–water partition coefficient (Wildman–Crippen LogP) is 3.78. The first-order valence-corrected chi connectivity index (χ1v) is 9.42. The van der Waals surface area contributed by atoms with Gasteiger partial charge in [-0.3, -0.25) is 0 Å². The Morgan fingerprint density at radius 1 is 1.07 bits per heavy atom. The van der Waals surface area contributed by atoms with Crippen LogP contribution in [0.15, 0.2) is 41.3 Å². The van der Waals surface area contributed by atoms with Crippen molar-refractivity contribution in [3.05, 3.63) is 47.0 Å². The minimum atomic E-state index is -3.93. The quantitative estimate of drug-likeness (QED) is 0.649. The van der Waals surface area contributed by atoms with Gasteiger partial charge in [0.15, 0.2) is 0 Å². The number of hydrogen-bond acceptors (Lipinski definition) is 5. The highest BCUT2D eigenvalue weighted by molar-refractivity contribution is 7.89. The molecule has 2 rings (SSSR count). The first-order chi connectivity index (χ1) is 12.7. The van der Waals surface area contributed by atoms with Gasteiger partial charge in [-0.2, -0.15) is 13.1 Å². The van der Waals surface area contributed by atoms with Gasteiger partial charge in [-0.1, -0.05) is 17.7 Å². The van der Waals surface area contributed by atoms with Crippen LogP contribution in [-0.4, -0.2) is 40.6 Å². The zero-order valence-corrected chi connectivity index (χ0v) is 16.4. The number of nitrogens with zero attached hydrogens (tertiary/aromatic N) is 1. The highest BCUT2D eigenvalue weighted by Crippen LogP contribution is 2.31. The first kappa shape index (κ1) is 21.2. The third-order valence-corrected chi connectivity index (χ3v) is 5.81. The number of halogens is 3. The van der Waals surface area contributed by atoms with Crippen LogP contribution in [0.3, 0.4) is 0 Å². The summed E-state index contributed by atoms with van der Waals surface area (Å²) in [7, 11) is 0.436. The van der Waals surface area contributed by atoms with E-state index in [0.29, 0.717) is 17.1 Å². The predicted molar refractivity (Wildman–Crippen MR) is 96.3 cm³/mol. The molecule has 0 atom stereocenters. The second-order valence-corrected chi connectivity index (χ2v) is 7.86. The van der Waals surface area contributed by atoms with E-state index >= 15 is 0 Å². The molecule has 0 aliphatic carbocycles. The van der Waals surface area contributed by atoms with E-state index in [-0.39, 0.29) is 22.2 Å². The molecule has 0 bridgehead atoms. The molecule has 6 nitrogen and oxygen atoms in total. The average molecular weight is 422 g/mol. The lowest BCUT2D eigenvalue weighted by molar-refractivity contribution is -0.0498. The maximum Gasteiger partial charge on any atom is 0.387 e. The molecule has 0 heterocycles. The second kappa shape index (κ2) is 8.73. The molecule has 2 aromatic rings. The van der Waals surface area contributed by atoms with Gasteiger partial charge in [0.1, 0.15) is 17.2 Å². The molecule has 0 aromatic heterocycles. The maximum atomic E-state index is 12.8. The van der Waals surface area contributed by atoms with Crippen LogP contribution in [-0.2, 0) is 16.6 Å². The molecule has 0 unspecified atom stereocenters. The van der Waals surface area contributed by atoms with Crippen LogP contribution in [0, 0.1) is 0 Å². The molecule has 0 saturated carbocycles. The summed E-state index contributed by atoms with van der Waals surface area (Å²) in [6.07, 6.45) is 0. The largest absolute Gasteiger partial charge is 0.497 e. The summed E-state index contributed by atoms with van der Waals surface area (Å²) in [5, 5.41) is -0.230. The Labute approximate surface area is 161 Å². The van der Waals surface area contributed by atoms with Gasteiger partial charge in [-0.15, -0.1) is 0 Å². The fraction of sp³-hybridized carbons (Fsp3) is 0.294. The van der Waals surface area contributed by atoms with Gasteiger partial charge in [0.25, 0.3) is 0 Å². The molecule has 0 saturated heterocycles. The zero-order valence-electron chi connectivity index (χ0n) is 14.8. The van der Waals surface area contributed by atoms with Gasteiger partial charge < -0.3 is 14.2 Å². The lowest BCUT2D eigenvalue weighted by Gasteiger charge is -2.19. The van der Waals surface area contributed by atoms with Crippen LogP contribution in [0.5, 0.6) is 17.2 Å². The number of rotatable bonds is 8. The molecule has 0 amide bonds. The first-order valence-electron chi connectivity index (χ1n) is 7.60. The Balaban J connectivity index is 2.27. The van der Waals surface area contributed by atoms with E-state index in [1.165, 1.54) is 21.3 Å². The van der Waals surface area contributed by atoms with E-state index in [2.05, 4.69) is 4.74 Å². The van der Waals surface area contributed by atoms with Crippen LogP contribution >= 0.6 is 11.6 Å². The third kappa shape index (κ3) is 5.00. The normalized spacial score (nSPS) is 11.7. The number of benzene rings is 2. The summed E-state index contributed by atoms with van der Waals surface area (Å²) in [5.41, 5.74) is 0.619. The van der Waals surface area contributed by atoms with Crippen molar-refractivity contribution in [3.63, 3.8) is 0 Å². The molecule has 0 N–H and O–H groups in total. The van der Waals surface area contributed by atoms with Gasteiger partial charge in [0, 0.05) is 25.2 Å². The summed E-state index contributed by atoms with van der Waals surface area (Å²) in [6.45, 7) is -3.04. The number of methoxy groups -OCH3 is 2. The Morgan fingerprint density at radius 3 is 2.33 bits per heavy atom. The highest BCUT2D eigenvalue weighted by atomic mass is 35.5. The second-order valence-electron chi connectivity index (χ2n) is 5.41. The molecule has 0 radical (unpaired) electrons. The minimum absolute atomic E-state index is 0.0163. The van der Waals surface area contributed by atoms with Crippen LogP contribution in [0.4, 0.5) is 8.78 Å². The summed E-state index contributed by atoms with van der Waals surface area (Å²) in [5.74, 6) is 0.739. The monoisotopic (exact) mass is 421 g/mol. The van der Waals surface area contributed by atoms with Crippen LogP contribution < -0.4 is 14.2 Å². The molecule has 148 valence electrons. The van der Waals surface area contributed by atoms with Crippen molar-refractivity contribution in [1.29, 1.82) is 0 Å². The number of sulfonamides is 1. The SMILES string of the molecule is COc1ccc(CN(C)S(=O)(=O)c2ccc(OC(F)F)c(Cl)c2)c(OC)c1. The standard InChI is InChI=1S/C17H18ClF2NO5S/c1-21(10-11-4-5-12(24-2)8-16(11)25-3)27(22,23)13-6-7-15(14(18)9-13)26-17(19)20/h4-9,17H,10H2,1-3H3. The fourth-order valence-electron chi connectivity index (χ4n) is 2.32. The molecular weight excluding hydrogens is 404 g/mol. The van der Waals surface area contributed by atoms with E-state index in [1.807, 2.05) is 0 Å². The molecule has 10 heteroatoms. The molecule has 2 aromatic carbocycles. The lowest BCUT2D eigenvalue weighted by atomic mass is 10.2. The van der Waals surface area contributed by atoms with Crippen LogP contribution in [0.2, 0.25) is 5.02 Å². The Kier molecular flexibility index (Phi) is 6.85. The van der Waals surface area contributed by atoms with Gasteiger partial charge in [-0.25, -0.2) is 8.42 Å². The average Bonchev–Trinajstić information content (AvgIpc) is 2.63. The maximum absolute atomic E-state index is 12.8. The summed E-state index contributed by atoms with van der Waals surface area (Å²) >= 11 is 5.85. The lowest BCUT2D eigenvalue weighted by Crippen LogP contribution is -2.26. The van der Waals surface area contributed by atoms with Crippen molar-refractivity contribution < 1.29 is 31.4 Å². The van der Waals surface area contributed by atoms with Gasteiger partial charge in [0.2, 0.25) is 10.0 Å². The Bertz CT molecular complexity index is 908. The van der Waals surface area contributed by atoms with Crippen LogP contribution in [0.1, 0.15) is 5.56 Å². The molecular formula is C17H18ClF2NO5S. The van der Waals surface area contributed by atoms with Gasteiger partial charge in [-0.05, 0) is 24.3 Å². The van der Waals surface area contributed by atoms with Crippen LogP contribution in [0.25, 0.3) is 0 Å². The molecule has 27 heavy (non-hydrogen) atoms. The molecule has 0 aliphatic rings. The zero-order chi connectivity index (χ0) is 20.2. The molecule has 0 aliphatic heterocycles. The summed E-state index contributed by atoms with van der Waals surface area (Å²) in [4.78, 5) is -0.149. The third-order valence-electron chi connectivity index (χ3n) is 3.71. The molecule has 0 fully saturated rings. The molecule has 0 spiro atoms. The van der Waals surface area contributed by atoms with Gasteiger partial charge >= 0.3 is 6.61 Å². The van der Waals surface area contributed by atoms with Crippen molar-refractivity contribution >= 4 is 21.6 Å².